The van der Waals surface area contributed by atoms with Crippen molar-refractivity contribution < 1.29 is 22.7 Å². The van der Waals surface area contributed by atoms with E-state index in [0.29, 0.717) is 33.5 Å². The molecule has 3 aromatic carbocycles. The first kappa shape index (κ1) is 31.3. The number of anilines is 1. The highest BCUT2D eigenvalue weighted by atomic mass is 35.5. The SMILES string of the molecule is CNC(=O)[C@@H](Cc1ccccc1)N(Cc1ccc(Cl)c(Cl)c1)C(=O)CCCN(c1cccc(OC)c1)S(C)(=O)=O. The molecule has 1 atom stereocenters. The van der Waals surface area contributed by atoms with E-state index in [9.17, 15) is 18.0 Å². The summed E-state index contributed by atoms with van der Waals surface area (Å²) in [5.41, 5.74) is 2.04. The molecule has 0 fully saturated rings. The van der Waals surface area contributed by atoms with Gasteiger partial charge in [-0.15, -0.1) is 0 Å². The molecular weight excluding hydrogens is 573 g/mol. The van der Waals surface area contributed by atoms with Gasteiger partial charge in [0.05, 0.1) is 29.1 Å². The molecule has 0 unspecified atom stereocenters. The standard InChI is InChI=1S/C29H33Cl2N3O5S/c1-32-29(36)27(18-21-9-5-4-6-10-21)33(20-22-14-15-25(30)26(31)17-22)28(35)13-8-16-34(40(3,37)38)23-11-7-12-24(19-23)39-2/h4-7,9-12,14-15,17,19,27H,8,13,16,18,20H2,1-3H3,(H,32,36)/t27-/m1/s1. The number of ether oxygens (including phenoxy) is 1. The minimum atomic E-state index is -3.63. The zero-order valence-electron chi connectivity index (χ0n) is 22.6. The van der Waals surface area contributed by atoms with Gasteiger partial charge in [0, 0.05) is 39.0 Å². The molecule has 0 bridgehead atoms. The first-order chi connectivity index (χ1) is 19.0. The molecule has 214 valence electrons. The van der Waals surface area contributed by atoms with Gasteiger partial charge < -0.3 is 15.0 Å². The molecule has 40 heavy (non-hydrogen) atoms. The average molecular weight is 607 g/mol. The fraction of sp³-hybridized carbons (Fsp3) is 0.310. The monoisotopic (exact) mass is 605 g/mol. The van der Waals surface area contributed by atoms with E-state index in [1.807, 2.05) is 30.3 Å². The highest BCUT2D eigenvalue weighted by Crippen LogP contribution is 2.26. The first-order valence-corrected chi connectivity index (χ1v) is 15.2. The van der Waals surface area contributed by atoms with Crippen molar-refractivity contribution in [3.05, 3.63) is 94.0 Å². The summed E-state index contributed by atoms with van der Waals surface area (Å²) in [5, 5.41) is 3.40. The Morgan fingerprint density at radius 1 is 0.950 bits per heavy atom. The third-order valence-electron chi connectivity index (χ3n) is 6.35. The number of sulfonamides is 1. The maximum Gasteiger partial charge on any atom is 0.242 e. The summed E-state index contributed by atoms with van der Waals surface area (Å²) in [6.07, 6.45) is 1.66. The summed E-state index contributed by atoms with van der Waals surface area (Å²) in [5.74, 6) is -0.0922. The van der Waals surface area contributed by atoms with E-state index < -0.39 is 16.1 Å². The number of carbonyl (C=O) groups is 2. The van der Waals surface area contributed by atoms with Crippen LogP contribution < -0.4 is 14.4 Å². The lowest BCUT2D eigenvalue weighted by atomic mass is 10.0. The minimum Gasteiger partial charge on any atom is -0.497 e. The molecule has 0 aromatic heterocycles. The van der Waals surface area contributed by atoms with Gasteiger partial charge in [-0.2, -0.15) is 0 Å². The molecule has 0 aliphatic carbocycles. The minimum absolute atomic E-state index is 0.0135. The molecule has 0 radical (unpaired) electrons. The van der Waals surface area contributed by atoms with E-state index in [1.54, 1.807) is 42.5 Å². The fourth-order valence-corrected chi connectivity index (χ4v) is 5.60. The largest absolute Gasteiger partial charge is 0.497 e. The number of hydrogen-bond acceptors (Lipinski definition) is 5. The van der Waals surface area contributed by atoms with Gasteiger partial charge in [0.15, 0.2) is 0 Å². The van der Waals surface area contributed by atoms with Crippen molar-refractivity contribution in [1.29, 1.82) is 0 Å². The number of carbonyl (C=O) groups excluding carboxylic acids is 2. The van der Waals surface area contributed by atoms with Crippen molar-refractivity contribution in [2.24, 2.45) is 0 Å². The number of methoxy groups -OCH3 is 1. The van der Waals surface area contributed by atoms with Gasteiger partial charge >= 0.3 is 0 Å². The van der Waals surface area contributed by atoms with Crippen LogP contribution in [0.15, 0.2) is 72.8 Å². The molecule has 3 aromatic rings. The lowest BCUT2D eigenvalue weighted by Gasteiger charge is -2.31. The molecule has 2 amide bonds. The molecule has 0 saturated heterocycles. The number of nitrogens with zero attached hydrogens (tertiary/aromatic N) is 2. The summed E-state index contributed by atoms with van der Waals surface area (Å²) < 4.78 is 31.7. The molecule has 0 heterocycles. The number of benzene rings is 3. The highest BCUT2D eigenvalue weighted by molar-refractivity contribution is 7.92. The predicted octanol–water partition coefficient (Wildman–Crippen LogP) is 4.93. The molecule has 3 rings (SSSR count). The number of nitrogens with one attached hydrogen (secondary N) is 1. The summed E-state index contributed by atoms with van der Waals surface area (Å²) in [4.78, 5) is 28.3. The van der Waals surface area contributed by atoms with Crippen LogP contribution in [-0.4, -0.2) is 58.1 Å². The van der Waals surface area contributed by atoms with Gasteiger partial charge in [0.25, 0.3) is 0 Å². The topological polar surface area (TPSA) is 96.0 Å². The van der Waals surface area contributed by atoms with Crippen molar-refractivity contribution in [2.75, 3.05) is 31.3 Å². The van der Waals surface area contributed by atoms with E-state index in [0.717, 1.165) is 11.8 Å². The Bertz CT molecular complexity index is 1420. The summed E-state index contributed by atoms with van der Waals surface area (Å²) >= 11 is 12.3. The third-order valence-corrected chi connectivity index (χ3v) is 8.28. The number of likely N-dealkylation sites (N-methyl/N-ethyl adjacent to an activating group) is 1. The lowest BCUT2D eigenvalue weighted by Crippen LogP contribution is -2.49. The van der Waals surface area contributed by atoms with Gasteiger partial charge in [-0.3, -0.25) is 13.9 Å². The average Bonchev–Trinajstić information content (AvgIpc) is 2.94. The Morgan fingerprint density at radius 3 is 2.30 bits per heavy atom. The van der Waals surface area contributed by atoms with Crippen LogP contribution in [0.3, 0.4) is 0 Å². The normalized spacial score (nSPS) is 11.9. The molecule has 1 N–H and O–H groups in total. The molecular formula is C29H33Cl2N3O5S. The predicted molar refractivity (Wildman–Crippen MR) is 159 cm³/mol. The third kappa shape index (κ3) is 8.61. The quantitative estimate of drug-likeness (QED) is 0.298. The van der Waals surface area contributed by atoms with Gasteiger partial charge in [-0.25, -0.2) is 8.42 Å². The van der Waals surface area contributed by atoms with E-state index in [-0.39, 0.29) is 37.7 Å². The maximum absolute atomic E-state index is 13.7. The Morgan fingerprint density at radius 2 is 1.68 bits per heavy atom. The molecule has 0 aliphatic heterocycles. The van der Waals surface area contributed by atoms with Gasteiger partial charge in [0.1, 0.15) is 11.8 Å². The van der Waals surface area contributed by atoms with Crippen molar-refractivity contribution in [1.82, 2.24) is 10.2 Å². The van der Waals surface area contributed by atoms with Crippen LogP contribution in [0.1, 0.15) is 24.0 Å². The zero-order chi connectivity index (χ0) is 29.3. The van der Waals surface area contributed by atoms with E-state index in [1.165, 1.54) is 23.4 Å². The Labute approximate surface area is 245 Å². The molecule has 0 spiro atoms. The van der Waals surface area contributed by atoms with Crippen LogP contribution in [0.5, 0.6) is 5.75 Å². The Kier molecular flexibility index (Phi) is 11.2. The first-order valence-electron chi connectivity index (χ1n) is 12.6. The molecule has 0 saturated carbocycles. The Balaban J connectivity index is 1.86. The second-order valence-electron chi connectivity index (χ2n) is 9.23. The van der Waals surface area contributed by atoms with Crippen molar-refractivity contribution in [3.8, 4) is 5.75 Å². The van der Waals surface area contributed by atoms with Crippen LogP contribution in [0, 0.1) is 0 Å². The zero-order valence-corrected chi connectivity index (χ0v) is 25.0. The van der Waals surface area contributed by atoms with Crippen LogP contribution in [0.4, 0.5) is 5.69 Å². The van der Waals surface area contributed by atoms with E-state index >= 15 is 0 Å². The van der Waals surface area contributed by atoms with Crippen molar-refractivity contribution >= 4 is 50.7 Å². The number of rotatable bonds is 13. The Hall–Kier alpha value is -3.27. The lowest BCUT2D eigenvalue weighted by molar-refractivity contribution is -0.141. The van der Waals surface area contributed by atoms with Gasteiger partial charge in [-0.05, 0) is 41.8 Å². The molecule has 11 heteroatoms. The molecule has 8 nitrogen and oxygen atoms in total. The van der Waals surface area contributed by atoms with Crippen LogP contribution in [-0.2, 0) is 32.6 Å². The summed E-state index contributed by atoms with van der Waals surface area (Å²) in [7, 11) is -0.600. The highest BCUT2D eigenvalue weighted by Gasteiger charge is 2.30. The number of hydrogen-bond donors (Lipinski definition) is 1. The van der Waals surface area contributed by atoms with Crippen molar-refractivity contribution in [2.45, 2.75) is 31.8 Å². The summed E-state index contributed by atoms with van der Waals surface area (Å²) in [6.45, 7) is 0.188. The number of halogens is 2. The maximum atomic E-state index is 13.7. The molecule has 0 aliphatic rings. The van der Waals surface area contributed by atoms with E-state index in [4.69, 9.17) is 27.9 Å². The van der Waals surface area contributed by atoms with Crippen LogP contribution in [0.2, 0.25) is 10.0 Å². The second kappa shape index (κ2) is 14.4. The number of amides is 2. The smallest absolute Gasteiger partial charge is 0.242 e. The van der Waals surface area contributed by atoms with Crippen molar-refractivity contribution in [3.63, 3.8) is 0 Å². The van der Waals surface area contributed by atoms with Crippen LogP contribution >= 0.6 is 23.2 Å². The van der Waals surface area contributed by atoms with Crippen LogP contribution in [0.25, 0.3) is 0 Å². The van der Waals surface area contributed by atoms with Gasteiger partial charge in [0.2, 0.25) is 21.8 Å². The van der Waals surface area contributed by atoms with Gasteiger partial charge in [-0.1, -0.05) is 65.7 Å². The van der Waals surface area contributed by atoms with E-state index in [2.05, 4.69) is 5.32 Å². The second-order valence-corrected chi connectivity index (χ2v) is 12.0. The fourth-order valence-electron chi connectivity index (χ4n) is 4.32. The summed E-state index contributed by atoms with van der Waals surface area (Å²) in [6, 6.07) is 20.4.